The Kier molecular flexibility index (Phi) is 4.16. The third kappa shape index (κ3) is 3.02. The molecule has 3 N–H and O–H groups in total. The molecule has 1 aromatic heterocycles. The summed E-state index contributed by atoms with van der Waals surface area (Å²) < 4.78 is 31.0. The van der Waals surface area contributed by atoms with Crippen molar-refractivity contribution < 1.29 is 27.5 Å². The Hall–Kier alpha value is -1.39. The molecule has 1 aliphatic heterocycles. The van der Waals surface area contributed by atoms with Crippen LogP contribution in [0.15, 0.2) is 20.0 Å². The standard InChI is InChI=1S/C10H11BrN2O6S/c11-8-7(4-6(19-8)10(15)16)20(17,18)13-5-2-1-3-12-9(5)14/h4-5,13H,1-3H2,(H,12,14)(H,15,16). The van der Waals surface area contributed by atoms with Crippen molar-refractivity contribution in [3.63, 3.8) is 0 Å². The average molecular weight is 367 g/mol. The number of halogens is 1. The summed E-state index contributed by atoms with van der Waals surface area (Å²) in [5.74, 6) is -2.30. The lowest BCUT2D eigenvalue weighted by Crippen LogP contribution is -2.50. The summed E-state index contributed by atoms with van der Waals surface area (Å²) in [5.41, 5.74) is 0. The predicted octanol–water partition coefficient (Wildman–Crippen LogP) is 0.297. The molecule has 110 valence electrons. The fourth-order valence-corrected chi connectivity index (χ4v) is 3.95. The number of piperidine rings is 1. The number of hydrogen-bond acceptors (Lipinski definition) is 5. The molecule has 20 heavy (non-hydrogen) atoms. The zero-order valence-electron chi connectivity index (χ0n) is 10.1. The van der Waals surface area contributed by atoms with Crippen LogP contribution in [0.5, 0.6) is 0 Å². The summed E-state index contributed by atoms with van der Waals surface area (Å²) in [4.78, 5) is 21.9. The Morgan fingerprint density at radius 3 is 2.80 bits per heavy atom. The van der Waals surface area contributed by atoms with Gasteiger partial charge in [-0.2, -0.15) is 4.72 Å². The molecular weight excluding hydrogens is 356 g/mol. The van der Waals surface area contributed by atoms with E-state index in [1.54, 1.807) is 0 Å². The number of sulfonamides is 1. The number of nitrogens with one attached hydrogen (secondary N) is 2. The van der Waals surface area contributed by atoms with Gasteiger partial charge in [-0.25, -0.2) is 13.2 Å². The van der Waals surface area contributed by atoms with Crippen molar-refractivity contribution in [1.82, 2.24) is 10.0 Å². The van der Waals surface area contributed by atoms with Gasteiger partial charge in [-0.15, -0.1) is 0 Å². The molecule has 2 heterocycles. The molecule has 0 spiro atoms. The minimum Gasteiger partial charge on any atom is -0.475 e. The smallest absolute Gasteiger partial charge is 0.371 e. The van der Waals surface area contributed by atoms with Crippen LogP contribution in [-0.4, -0.2) is 38.0 Å². The second-order valence-electron chi connectivity index (χ2n) is 4.16. The van der Waals surface area contributed by atoms with E-state index in [0.717, 1.165) is 6.07 Å². The monoisotopic (exact) mass is 366 g/mol. The lowest BCUT2D eigenvalue weighted by molar-refractivity contribution is -0.124. The van der Waals surface area contributed by atoms with Crippen molar-refractivity contribution in [1.29, 1.82) is 0 Å². The molecule has 1 fully saturated rings. The van der Waals surface area contributed by atoms with E-state index < -0.39 is 33.7 Å². The van der Waals surface area contributed by atoms with Gasteiger partial charge in [0.2, 0.25) is 21.7 Å². The van der Waals surface area contributed by atoms with Crippen LogP contribution in [0, 0.1) is 0 Å². The topological polar surface area (TPSA) is 126 Å². The highest BCUT2D eigenvalue weighted by Gasteiger charge is 2.31. The molecule has 8 nitrogen and oxygen atoms in total. The summed E-state index contributed by atoms with van der Waals surface area (Å²) in [6, 6.07) is 0.0130. The minimum absolute atomic E-state index is 0.224. The fraction of sp³-hybridized carbons (Fsp3) is 0.400. The van der Waals surface area contributed by atoms with Gasteiger partial charge >= 0.3 is 5.97 Å². The number of carbonyl (C=O) groups is 2. The second kappa shape index (κ2) is 5.54. The van der Waals surface area contributed by atoms with E-state index >= 15 is 0 Å². The second-order valence-corrected chi connectivity index (χ2v) is 6.56. The molecule has 0 bridgehead atoms. The molecule has 1 unspecified atom stereocenters. The largest absolute Gasteiger partial charge is 0.475 e. The number of amides is 1. The quantitative estimate of drug-likeness (QED) is 0.703. The summed E-state index contributed by atoms with van der Waals surface area (Å²) in [6.07, 6.45) is 1.04. The molecule has 0 saturated carbocycles. The maximum atomic E-state index is 12.1. The maximum Gasteiger partial charge on any atom is 0.371 e. The van der Waals surface area contributed by atoms with E-state index in [0.29, 0.717) is 19.4 Å². The Bertz CT molecular complexity index is 653. The lowest BCUT2D eigenvalue weighted by atomic mass is 10.1. The van der Waals surface area contributed by atoms with Crippen LogP contribution in [0.4, 0.5) is 0 Å². The van der Waals surface area contributed by atoms with E-state index in [1.807, 2.05) is 0 Å². The van der Waals surface area contributed by atoms with Gasteiger partial charge in [0.15, 0.2) is 4.67 Å². The van der Waals surface area contributed by atoms with Gasteiger partial charge < -0.3 is 14.8 Å². The Morgan fingerprint density at radius 1 is 1.55 bits per heavy atom. The zero-order chi connectivity index (χ0) is 14.9. The highest BCUT2D eigenvalue weighted by Crippen LogP contribution is 2.26. The SMILES string of the molecule is O=C(O)c1cc(S(=O)(=O)NC2CCCNC2=O)c(Br)o1. The van der Waals surface area contributed by atoms with Gasteiger partial charge in [0.25, 0.3) is 0 Å². The number of furan rings is 1. The van der Waals surface area contributed by atoms with Gasteiger partial charge in [-0.3, -0.25) is 4.79 Å². The van der Waals surface area contributed by atoms with E-state index in [2.05, 4.69) is 26.0 Å². The van der Waals surface area contributed by atoms with E-state index in [9.17, 15) is 18.0 Å². The first kappa shape index (κ1) is 15.0. The van der Waals surface area contributed by atoms with Crippen molar-refractivity contribution in [3.05, 3.63) is 16.5 Å². The number of rotatable bonds is 4. The van der Waals surface area contributed by atoms with Crippen LogP contribution in [0.1, 0.15) is 23.4 Å². The van der Waals surface area contributed by atoms with Crippen LogP contribution in [-0.2, 0) is 14.8 Å². The van der Waals surface area contributed by atoms with Crippen LogP contribution in [0.2, 0.25) is 0 Å². The molecule has 10 heteroatoms. The van der Waals surface area contributed by atoms with Gasteiger partial charge in [-0.1, -0.05) is 0 Å². The van der Waals surface area contributed by atoms with Crippen LogP contribution in [0.3, 0.4) is 0 Å². The molecule has 1 aliphatic rings. The highest BCUT2D eigenvalue weighted by atomic mass is 79.9. The molecule has 0 aliphatic carbocycles. The van der Waals surface area contributed by atoms with Gasteiger partial charge in [0.05, 0.1) is 0 Å². The first-order valence-electron chi connectivity index (χ1n) is 5.64. The van der Waals surface area contributed by atoms with Crippen molar-refractivity contribution in [2.75, 3.05) is 6.54 Å². The van der Waals surface area contributed by atoms with E-state index in [1.165, 1.54) is 0 Å². The third-order valence-electron chi connectivity index (χ3n) is 2.74. The van der Waals surface area contributed by atoms with Crippen LogP contribution < -0.4 is 10.0 Å². The van der Waals surface area contributed by atoms with Crippen molar-refractivity contribution in [3.8, 4) is 0 Å². The molecule has 1 amide bonds. The molecular formula is C10H11BrN2O6S. The third-order valence-corrected chi connectivity index (χ3v) is 5.07. The van der Waals surface area contributed by atoms with Gasteiger partial charge in [-0.05, 0) is 28.8 Å². The van der Waals surface area contributed by atoms with Gasteiger partial charge in [0.1, 0.15) is 10.9 Å². The van der Waals surface area contributed by atoms with Crippen LogP contribution in [0.25, 0.3) is 0 Å². The fourth-order valence-electron chi connectivity index (χ4n) is 1.78. The molecule has 0 aromatic carbocycles. The summed E-state index contributed by atoms with van der Waals surface area (Å²) >= 11 is 2.85. The highest BCUT2D eigenvalue weighted by molar-refractivity contribution is 9.10. The van der Waals surface area contributed by atoms with Crippen molar-refractivity contribution in [2.24, 2.45) is 0 Å². The maximum absolute atomic E-state index is 12.1. The van der Waals surface area contributed by atoms with Gasteiger partial charge in [0, 0.05) is 12.6 Å². The van der Waals surface area contributed by atoms with E-state index in [4.69, 9.17) is 9.52 Å². The molecule has 1 aromatic rings. The van der Waals surface area contributed by atoms with Crippen molar-refractivity contribution in [2.45, 2.75) is 23.8 Å². The Labute approximate surface area is 122 Å². The first-order valence-corrected chi connectivity index (χ1v) is 7.91. The normalized spacial score (nSPS) is 19.6. The average Bonchev–Trinajstić information content (AvgIpc) is 2.75. The number of carboxylic acids is 1. The minimum atomic E-state index is -4.05. The summed E-state index contributed by atoms with van der Waals surface area (Å²) in [5, 5.41) is 11.3. The summed E-state index contributed by atoms with van der Waals surface area (Å²) in [7, 11) is -4.05. The van der Waals surface area contributed by atoms with Crippen LogP contribution >= 0.6 is 15.9 Å². The number of hydrogen-bond donors (Lipinski definition) is 3. The molecule has 0 radical (unpaired) electrons. The Balaban J connectivity index is 2.26. The summed E-state index contributed by atoms with van der Waals surface area (Å²) in [6.45, 7) is 0.510. The zero-order valence-corrected chi connectivity index (χ0v) is 12.5. The molecule has 1 saturated heterocycles. The molecule has 2 rings (SSSR count). The van der Waals surface area contributed by atoms with E-state index in [-0.39, 0.29) is 9.56 Å². The van der Waals surface area contributed by atoms with Crippen molar-refractivity contribution >= 4 is 37.8 Å². The first-order chi connectivity index (χ1) is 9.31. The molecule has 1 atom stereocenters. The lowest BCUT2D eigenvalue weighted by Gasteiger charge is -2.22. The number of carbonyl (C=O) groups excluding carboxylic acids is 1. The Morgan fingerprint density at radius 2 is 2.25 bits per heavy atom. The predicted molar refractivity (Wildman–Crippen MR) is 69.7 cm³/mol. The number of aromatic carboxylic acids is 1. The number of carboxylic acid groups (broad SMARTS) is 1.